The minimum Gasteiger partial charge on any atom is -0.508 e. The quantitative estimate of drug-likeness (QED) is 0.598. The first-order valence-corrected chi connectivity index (χ1v) is 4.81. The summed E-state index contributed by atoms with van der Waals surface area (Å²) in [6.45, 7) is 4.19. The maximum atomic E-state index is 9.50. The zero-order valence-corrected chi connectivity index (χ0v) is 8.99. The molecule has 0 saturated carbocycles. The maximum Gasteiger partial charge on any atom is 0.123 e. The van der Waals surface area contributed by atoms with E-state index in [1.165, 1.54) is 12.1 Å². The number of hydrogen-bond donors (Lipinski definition) is 4. The van der Waals surface area contributed by atoms with E-state index in [-0.39, 0.29) is 23.6 Å². The lowest BCUT2D eigenvalue weighted by Crippen LogP contribution is -2.42. The van der Waals surface area contributed by atoms with Crippen molar-refractivity contribution in [3.8, 4) is 11.5 Å². The van der Waals surface area contributed by atoms with E-state index in [1.54, 1.807) is 6.07 Å². The Morgan fingerprint density at radius 3 is 2.47 bits per heavy atom. The van der Waals surface area contributed by atoms with Gasteiger partial charge in [0.15, 0.2) is 0 Å². The van der Waals surface area contributed by atoms with Crippen LogP contribution in [0.4, 0.5) is 0 Å². The van der Waals surface area contributed by atoms with Gasteiger partial charge in [-0.2, -0.15) is 0 Å². The third kappa shape index (κ3) is 3.42. The molecular weight excluding hydrogens is 194 g/mol. The van der Waals surface area contributed by atoms with Crippen LogP contribution < -0.4 is 5.32 Å². The minimum atomic E-state index is -0.385. The van der Waals surface area contributed by atoms with Gasteiger partial charge in [0.05, 0.1) is 6.61 Å². The summed E-state index contributed by atoms with van der Waals surface area (Å²) in [5, 5.41) is 30.7. The van der Waals surface area contributed by atoms with E-state index < -0.39 is 0 Å². The highest BCUT2D eigenvalue weighted by Crippen LogP contribution is 2.22. The molecule has 0 aromatic heterocycles. The van der Waals surface area contributed by atoms with E-state index >= 15 is 0 Å². The average molecular weight is 211 g/mol. The van der Waals surface area contributed by atoms with Crippen LogP contribution in [0.2, 0.25) is 0 Å². The van der Waals surface area contributed by atoms with E-state index in [9.17, 15) is 5.11 Å². The number of hydrogen-bond acceptors (Lipinski definition) is 4. The summed E-state index contributed by atoms with van der Waals surface area (Å²) in [5.41, 5.74) is 0.305. The van der Waals surface area contributed by atoms with Crippen LogP contribution in [0.3, 0.4) is 0 Å². The molecular formula is C11H17NO3. The Labute approximate surface area is 89.2 Å². The normalized spacial score (nSPS) is 11.7. The van der Waals surface area contributed by atoms with Gasteiger partial charge < -0.3 is 20.6 Å². The molecule has 1 rings (SSSR count). The van der Waals surface area contributed by atoms with Crippen molar-refractivity contribution in [2.45, 2.75) is 25.9 Å². The summed E-state index contributed by atoms with van der Waals surface area (Å²) < 4.78 is 0. The van der Waals surface area contributed by atoms with Gasteiger partial charge in [-0.1, -0.05) is 6.07 Å². The van der Waals surface area contributed by atoms with Crippen molar-refractivity contribution in [1.82, 2.24) is 5.32 Å². The van der Waals surface area contributed by atoms with Crippen LogP contribution in [0.15, 0.2) is 18.2 Å². The van der Waals surface area contributed by atoms with Crippen LogP contribution in [0.25, 0.3) is 0 Å². The molecule has 0 unspecified atom stereocenters. The lowest BCUT2D eigenvalue weighted by atomic mass is 10.1. The standard InChI is InChI=1S/C11H17NO3/c1-11(2,7-13)12-6-8-3-4-9(14)5-10(8)15/h3-5,12-15H,6-7H2,1-2H3. The van der Waals surface area contributed by atoms with Crippen LogP contribution in [0, 0.1) is 0 Å². The first-order valence-electron chi connectivity index (χ1n) is 4.81. The van der Waals surface area contributed by atoms with Gasteiger partial charge in [0, 0.05) is 23.7 Å². The summed E-state index contributed by atoms with van der Waals surface area (Å²) in [6, 6.07) is 4.46. The predicted octanol–water partition coefficient (Wildman–Crippen LogP) is 0.958. The zero-order chi connectivity index (χ0) is 11.5. The van der Waals surface area contributed by atoms with Gasteiger partial charge >= 0.3 is 0 Å². The Balaban J connectivity index is 2.66. The van der Waals surface area contributed by atoms with E-state index in [0.29, 0.717) is 12.1 Å². The second-order valence-electron chi connectivity index (χ2n) is 4.21. The number of aliphatic hydroxyl groups excluding tert-OH is 1. The van der Waals surface area contributed by atoms with Crippen LogP contribution >= 0.6 is 0 Å². The molecule has 84 valence electrons. The number of nitrogens with one attached hydrogen (secondary N) is 1. The second kappa shape index (κ2) is 4.51. The molecule has 0 radical (unpaired) electrons. The van der Waals surface area contributed by atoms with Crippen molar-refractivity contribution in [1.29, 1.82) is 0 Å². The molecule has 0 spiro atoms. The van der Waals surface area contributed by atoms with Crippen molar-refractivity contribution in [3.05, 3.63) is 23.8 Å². The van der Waals surface area contributed by atoms with Gasteiger partial charge in [0.25, 0.3) is 0 Å². The Morgan fingerprint density at radius 2 is 1.93 bits per heavy atom. The van der Waals surface area contributed by atoms with Gasteiger partial charge in [0.1, 0.15) is 11.5 Å². The Morgan fingerprint density at radius 1 is 1.27 bits per heavy atom. The number of benzene rings is 1. The molecule has 0 aliphatic carbocycles. The molecule has 0 heterocycles. The summed E-state index contributed by atoms with van der Waals surface area (Å²) in [7, 11) is 0. The van der Waals surface area contributed by atoms with Gasteiger partial charge in [0.2, 0.25) is 0 Å². The topological polar surface area (TPSA) is 72.7 Å². The number of rotatable bonds is 4. The third-order valence-corrected chi connectivity index (χ3v) is 2.22. The maximum absolute atomic E-state index is 9.50. The molecule has 0 fully saturated rings. The Bertz CT molecular complexity index is 337. The van der Waals surface area contributed by atoms with Crippen molar-refractivity contribution < 1.29 is 15.3 Å². The number of phenols is 2. The van der Waals surface area contributed by atoms with Gasteiger partial charge in [-0.05, 0) is 19.9 Å². The molecule has 0 aliphatic heterocycles. The molecule has 1 aromatic rings. The fourth-order valence-electron chi connectivity index (χ4n) is 1.09. The van der Waals surface area contributed by atoms with Crippen LogP contribution in [0.5, 0.6) is 11.5 Å². The van der Waals surface area contributed by atoms with E-state index in [4.69, 9.17) is 10.2 Å². The first kappa shape index (κ1) is 11.8. The Kier molecular flexibility index (Phi) is 3.55. The largest absolute Gasteiger partial charge is 0.508 e. The van der Waals surface area contributed by atoms with E-state index in [0.717, 1.165) is 0 Å². The van der Waals surface area contributed by atoms with Gasteiger partial charge in [-0.3, -0.25) is 0 Å². The molecule has 1 aromatic carbocycles. The molecule has 0 amide bonds. The van der Waals surface area contributed by atoms with Gasteiger partial charge in [-0.25, -0.2) is 0 Å². The highest BCUT2D eigenvalue weighted by Gasteiger charge is 2.15. The van der Waals surface area contributed by atoms with E-state index in [1.807, 2.05) is 13.8 Å². The highest BCUT2D eigenvalue weighted by atomic mass is 16.3. The zero-order valence-electron chi connectivity index (χ0n) is 8.99. The summed E-state index contributed by atoms with van der Waals surface area (Å²) >= 11 is 0. The number of phenolic OH excluding ortho intramolecular Hbond substituents is 2. The molecule has 0 bridgehead atoms. The molecule has 0 atom stereocenters. The number of aromatic hydroxyl groups is 2. The summed E-state index contributed by atoms with van der Waals surface area (Å²) in [4.78, 5) is 0. The summed E-state index contributed by atoms with van der Waals surface area (Å²) in [5.74, 6) is 0.0916. The van der Waals surface area contributed by atoms with Crippen molar-refractivity contribution in [3.63, 3.8) is 0 Å². The van der Waals surface area contributed by atoms with Crippen molar-refractivity contribution >= 4 is 0 Å². The highest BCUT2D eigenvalue weighted by molar-refractivity contribution is 5.38. The monoisotopic (exact) mass is 211 g/mol. The lowest BCUT2D eigenvalue weighted by molar-refractivity contribution is 0.187. The lowest BCUT2D eigenvalue weighted by Gasteiger charge is -2.23. The molecule has 4 N–H and O–H groups in total. The van der Waals surface area contributed by atoms with Gasteiger partial charge in [-0.15, -0.1) is 0 Å². The Hall–Kier alpha value is -1.26. The van der Waals surface area contributed by atoms with Crippen LogP contribution in [-0.2, 0) is 6.54 Å². The summed E-state index contributed by atoms with van der Waals surface area (Å²) in [6.07, 6.45) is 0. The average Bonchev–Trinajstić information content (AvgIpc) is 2.16. The molecule has 4 nitrogen and oxygen atoms in total. The fourth-order valence-corrected chi connectivity index (χ4v) is 1.09. The molecule has 15 heavy (non-hydrogen) atoms. The molecule has 0 aliphatic rings. The minimum absolute atomic E-state index is 0.0197. The second-order valence-corrected chi connectivity index (χ2v) is 4.21. The predicted molar refractivity (Wildman–Crippen MR) is 57.8 cm³/mol. The first-order chi connectivity index (χ1) is 6.94. The van der Waals surface area contributed by atoms with E-state index in [2.05, 4.69) is 5.32 Å². The molecule has 4 heteroatoms. The third-order valence-electron chi connectivity index (χ3n) is 2.22. The fraction of sp³-hybridized carbons (Fsp3) is 0.455. The van der Waals surface area contributed by atoms with Crippen LogP contribution in [-0.4, -0.2) is 27.5 Å². The van der Waals surface area contributed by atoms with Crippen molar-refractivity contribution in [2.24, 2.45) is 0 Å². The van der Waals surface area contributed by atoms with Crippen LogP contribution in [0.1, 0.15) is 19.4 Å². The van der Waals surface area contributed by atoms with Crippen molar-refractivity contribution in [2.75, 3.05) is 6.61 Å². The number of aliphatic hydroxyl groups is 1. The SMILES string of the molecule is CC(C)(CO)NCc1ccc(O)cc1O. The molecule has 0 saturated heterocycles. The smallest absolute Gasteiger partial charge is 0.123 e.